The molecule has 0 saturated heterocycles. The number of nitrogens with one attached hydrogen (secondary N) is 2. The minimum atomic E-state index is -0.237. The molecule has 0 atom stereocenters. The van der Waals surface area contributed by atoms with Gasteiger partial charge in [0, 0.05) is 0 Å². The number of amides is 1. The van der Waals surface area contributed by atoms with Gasteiger partial charge in [-0.3, -0.25) is 10.2 Å². The van der Waals surface area contributed by atoms with Crippen molar-refractivity contribution < 1.29 is 9.90 Å². The normalized spacial score (nSPS) is 7.50. The zero-order valence-corrected chi connectivity index (χ0v) is 3.14. The Morgan fingerprint density at radius 3 is 2.67 bits per heavy atom. The summed E-state index contributed by atoms with van der Waals surface area (Å²) in [5.41, 5.74) is 4.15. The van der Waals surface area contributed by atoms with Crippen LogP contribution in [-0.2, 0) is 4.79 Å². The molecule has 0 heterocycles. The Balaban J connectivity index is 2.49. The van der Waals surface area contributed by atoms with Crippen molar-refractivity contribution in [2.75, 3.05) is 6.73 Å². The van der Waals surface area contributed by atoms with Gasteiger partial charge in [0.05, 0.1) is 0 Å². The maximum atomic E-state index is 9.28. The first-order valence-corrected chi connectivity index (χ1v) is 1.44. The van der Waals surface area contributed by atoms with E-state index in [-0.39, 0.29) is 6.73 Å². The van der Waals surface area contributed by atoms with Crippen molar-refractivity contribution in [3.63, 3.8) is 0 Å². The smallest absolute Gasteiger partial charge is 0.221 e. The van der Waals surface area contributed by atoms with E-state index in [1.165, 1.54) is 0 Å². The molecule has 36 valence electrons. The number of hydrogen-bond acceptors (Lipinski definition) is 3. The van der Waals surface area contributed by atoms with Crippen LogP contribution in [0.4, 0.5) is 0 Å². The van der Waals surface area contributed by atoms with Crippen LogP contribution < -0.4 is 10.9 Å². The Morgan fingerprint density at radius 1 is 1.83 bits per heavy atom. The van der Waals surface area contributed by atoms with Gasteiger partial charge in [-0.2, -0.15) is 0 Å². The molecule has 0 radical (unpaired) electrons. The number of carbonyl (C=O) groups excluding carboxylic acids is 1. The molecule has 0 aromatic rings. The summed E-state index contributed by atoms with van der Waals surface area (Å²) in [7, 11) is 0. The first kappa shape index (κ1) is 5.39. The van der Waals surface area contributed by atoms with Crippen molar-refractivity contribution in [3.8, 4) is 0 Å². The first-order chi connectivity index (χ1) is 2.91. The first-order valence-electron chi connectivity index (χ1n) is 1.44. The van der Waals surface area contributed by atoms with Crippen LogP contribution in [0.1, 0.15) is 0 Å². The van der Waals surface area contributed by atoms with Crippen LogP contribution in [0, 0.1) is 0 Å². The summed E-state index contributed by atoms with van der Waals surface area (Å²) >= 11 is 0. The van der Waals surface area contributed by atoms with E-state index in [0.29, 0.717) is 6.41 Å². The molecule has 0 spiro atoms. The zero-order valence-electron chi connectivity index (χ0n) is 3.14. The molecular weight excluding hydrogens is 84.0 g/mol. The summed E-state index contributed by atoms with van der Waals surface area (Å²) in [5, 5.41) is 7.86. The zero-order chi connectivity index (χ0) is 4.83. The number of aliphatic hydroxyl groups is 1. The van der Waals surface area contributed by atoms with Gasteiger partial charge in [-0.1, -0.05) is 0 Å². The quantitative estimate of drug-likeness (QED) is 0.165. The molecular formula is C2H6N2O2. The topological polar surface area (TPSA) is 61.4 Å². The summed E-state index contributed by atoms with van der Waals surface area (Å²) in [6.45, 7) is -0.237. The molecule has 3 N–H and O–H groups in total. The second-order valence-electron chi connectivity index (χ2n) is 0.597. The monoisotopic (exact) mass is 90.0 g/mol. The fourth-order valence-corrected chi connectivity index (χ4v) is 0.0873. The van der Waals surface area contributed by atoms with Gasteiger partial charge in [-0.05, 0) is 0 Å². The highest BCUT2D eigenvalue weighted by Gasteiger charge is 1.66. The van der Waals surface area contributed by atoms with Gasteiger partial charge >= 0.3 is 0 Å². The van der Waals surface area contributed by atoms with Crippen molar-refractivity contribution >= 4 is 6.41 Å². The second-order valence-corrected chi connectivity index (χ2v) is 0.597. The predicted octanol–water partition coefficient (Wildman–Crippen LogP) is -1.81. The molecule has 0 fully saturated rings. The third kappa shape index (κ3) is 3.39. The van der Waals surface area contributed by atoms with Crippen molar-refractivity contribution in [1.82, 2.24) is 10.9 Å². The van der Waals surface area contributed by atoms with E-state index in [9.17, 15) is 4.79 Å². The third-order valence-corrected chi connectivity index (χ3v) is 0.240. The van der Waals surface area contributed by atoms with Crippen LogP contribution in [0.2, 0.25) is 0 Å². The highest BCUT2D eigenvalue weighted by molar-refractivity contribution is 5.44. The number of rotatable bonds is 3. The van der Waals surface area contributed by atoms with Crippen LogP contribution in [0.5, 0.6) is 0 Å². The Bertz CT molecular complexity index is 38.5. The molecule has 0 rings (SSSR count). The lowest BCUT2D eigenvalue weighted by Crippen LogP contribution is -2.30. The lowest BCUT2D eigenvalue weighted by molar-refractivity contribution is -0.110. The maximum absolute atomic E-state index is 9.28. The Morgan fingerprint density at radius 2 is 2.50 bits per heavy atom. The highest BCUT2D eigenvalue weighted by Crippen LogP contribution is 1.29. The average molecular weight is 90.1 g/mol. The van der Waals surface area contributed by atoms with Crippen LogP contribution in [-0.4, -0.2) is 18.2 Å². The molecule has 0 aliphatic heterocycles. The minimum Gasteiger partial charge on any atom is -0.380 e. The van der Waals surface area contributed by atoms with Crippen LogP contribution in [0.25, 0.3) is 0 Å². The number of hydrogen-bond donors (Lipinski definition) is 3. The lowest BCUT2D eigenvalue weighted by Gasteiger charge is -1.90. The average Bonchev–Trinajstić information content (AvgIpc) is 1.61. The van der Waals surface area contributed by atoms with Gasteiger partial charge in [-0.25, -0.2) is 5.43 Å². The third-order valence-electron chi connectivity index (χ3n) is 0.240. The van der Waals surface area contributed by atoms with Crippen molar-refractivity contribution in [1.29, 1.82) is 0 Å². The summed E-state index contributed by atoms with van der Waals surface area (Å²) in [6, 6.07) is 0. The molecule has 0 saturated carbocycles. The fourth-order valence-electron chi connectivity index (χ4n) is 0.0873. The SMILES string of the molecule is O=CNNCO. The van der Waals surface area contributed by atoms with Gasteiger partial charge in [0.2, 0.25) is 6.41 Å². The highest BCUT2D eigenvalue weighted by atomic mass is 16.3. The van der Waals surface area contributed by atoms with Crippen molar-refractivity contribution in [2.24, 2.45) is 0 Å². The van der Waals surface area contributed by atoms with Gasteiger partial charge in [0.15, 0.2) is 0 Å². The van der Waals surface area contributed by atoms with Gasteiger partial charge in [0.1, 0.15) is 6.73 Å². The molecule has 4 heteroatoms. The molecule has 6 heavy (non-hydrogen) atoms. The lowest BCUT2D eigenvalue weighted by atomic mass is 11.3. The molecule has 0 unspecified atom stereocenters. The Labute approximate surface area is 35.1 Å². The van der Waals surface area contributed by atoms with E-state index < -0.39 is 0 Å². The van der Waals surface area contributed by atoms with Crippen LogP contribution in [0.3, 0.4) is 0 Å². The summed E-state index contributed by atoms with van der Waals surface area (Å²) in [6.07, 6.45) is 0.441. The van der Waals surface area contributed by atoms with E-state index in [2.05, 4.69) is 5.43 Å². The van der Waals surface area contributed by atoms with Crippen LogP contribution >= 0.6 is 0 Å². The van der Waals surface area contributed by atoms with E-state index in [1.54, 1.807) is 0 Å². The summed E-state index contributed by atoms with van der Waals surface area (Å²) in [4.78, 5) is 9.28. The predicted molar refractivity (Wildman–Crippen MR) is 19.4 cm³/mol. The molecule has 0 aliphatic carbocycles. The molecule has 0 aromatic heterocycles. The summed E-state index contributed by atoms with van der Waals surface area (Å²) in [5.74, 6) is 0. The maximum Gasteiger partial charge on any atom is 0.221 e. The van der Waals surface area contributed by atoms with Gasteiger partial charge in [0.25, 0.3) is 0 Å². The van der Waals surface area contributed by atoms with Crippen molar-refractivity contribution in [2.45, 2.75) is 0 Å². The van der Waals surface area contributed by atoms with E-state index in [0.717, 1.165) is 0 Å². The molecule has 4 nitrogen and oxygen atoms in total. The molecule has 1 amide bonds. The molecule has 0 aliphatic rings. The summed E-state index contributed by atoms with van der Waals surface area (Å²) < 4.78 is 0. The minimum absolute atomic E-state index is 0.237. The Hall–Kier alpha value is -0.610. The Kier molecular flexibility index (Phi) is 3.94. The van der Waals surface area contributed by atoms with E-state index in [4.69, 9.17) is 5.11 Å². The van der Waals surface area contributed by atoms with Gasteiger partial charge < -0.3 is 5.11 Å². The van der Waals surface area contributed by atoms with Gasteiger partial charge in [-0.15, -0.1) is 0 Å². The fraction of sp³-hybridized carbons (Fsp3) is 0.500. The second kappa shape index (κ2) is 4.39. The van der Waals surface area contributed by atoms with E-state index in [1.807, 2.05) is 5.43 Å². The van der Waals surface area contributed by atoms with Crippen molar-refractivity contribution in [3.05, 3.63) is 0 Å². The standard InChI is InChI=1S/C2H6N2O2/c5-1-3-4-2-6/h1,4,6H,2H2,(H,3,5). The number of carbonyl (C=O) groups is 1. The number of aliphatic hydroxyl groups excluding tert-OH is 1. The van der Waals surface area contributed by atoms with E-state index >= 15 is 0 Å². The largest absolute Gasteiger partial charge is 0.380 e. The van der Waals surface area contributed by atoms with Crippen LogP contribution in [0.15, 0.2) is 0 Å². The number of hydrazine groups is 1. The molecule has 0 aromatic carbocycles. The molecule has 0 bridgehead atoms.